The largest absolute Gasteiger partial charge is 0.131 e. The highest BCUT2D eigenvalue weighted by Gasteiger charge is 2.01. The van der Waals surface area contributed by atoms with Crippen LogP contribution in [0.3, 0.4) is 0 Å². The molecule has 39 valence electrons. The normalized spacial score (nSPS) is 30.7. The lowest BCUT2D eigenvalue weighted by molar-refractivity contribution is 0.876. The van der Waals surface area contributed by atoms with Gasteiger partial charge in [0, 0.05) is 5.25 Å². The van der Waals surface area contributed by atoms with Gasteiger partial charge in [-0.15, -0.1) is 11.8 Å². The molecule has 0 saturated carbocycles. The van der Waals surface area contributed by atoms with Crippen molar-refractivity contribution in [1.29, 1.82) is 0 Å². The molecule has 0 aromatic carbocycles. The minimum absolute atomic E-state index is 0.616. The van der Waals surface area contributed by atoms with Gasteiger partial charge in [0.25, 0.3) is 0 Å². The zero-order valence-corrected chi connectivity index (χ0v) is 5.08. The summed E-state index contributed by atoms with van der Waals surface area (Å²) in [4.78, 5) is 0. The molecule has 1 heteroatoms. The van der Waals surface area contributed by atoms with Gasteiger partial charge in [-0.2, -0.15) is 0 Å². The second-order valence-electron chi connectivity index (χ2n) is 1.71. The Kier molecular flexibility index (Phi) is 1.80. The summed E-state index contributed by atoms with van der Waals surface area (Å²) >= 11 is 1.83. The van der Waals surface area contributed by atoms with Crippen LogP contribution in [0.4, 0.5) is 0 Å². The van der Waals surface area contributed by atoms with Crippen LogP contribution in [0, 0.1) is 6.92 Å². The van der Waals surface area contributed by atoms with Crippen molar-refractivity contribution in [2.45, 2.75) is 18.1 Å². The van der Waals surface area contributed by atoms with Gasteiger partial charge in [0.2, 0.25) is 0 Å². The highest BCUT2D eigenvalue weighted by Crippen LogP contribution is 2.21. The Morgan fingerprint density at radius 1 is 1.71 bits per heavy atom. The van der Waals surface area contributed by atoms with Crippen molar-refractivity contribution in [2.24, 2.45) is 0 Å². The van der Waals surface area contributed by atoms with Crippen molar-refractivity contribution in [1.82, 2.24) is 0 Å². The molecular weight excluding hydrogens is 104 g/mol. The number of hydrogen-bond donors (Lipinski definition) is 0. The molecule has 0 amide bonds. The van der Waals surface area contributed by atoms with Crippen LogP contribution in [-0.2, 0) is 0 Å². The Balaban J connectivity index is 2.32. The van der Waals surface area contributed by atoms with Crippen LogP contribution in [0.15, 0.2) is 11.5 Å². The number of allylic oxidation sites excluding steroid dienone is 1. The first-order chi connectivity index (χ1) is 3.39. The van der Waals surface area contributed by atoms with E-state index in [0.717, 1.165) is 0 Å². The maximum atomic E-state index is 3.91. The fraction of sp³-hybridized carbons (Fsp3) is 0.500. The summed E-state index contributed by atoms with van der Waals surface area (Å²) in [5.74, 6) is 0. The average Bonchev–Trinajstić information content (AvgIpc) is 1.69. The van der Waals surface area contributed by atoms with Gasteiger partial charge in [-0.05, 0) is 25.2 Å². The van der Waals surface area contributed by atoms with Crippen molar-refractivity contribution >= 4 is 11.8 Å². The third-order valence-electron chi connectivity index (χ3n) is 1.02. The van der Waals surface area contributed by atoms with Gasteiger partial charge in [0.1, 0.15) is 0 Å². The summed E-state index contributed by atoms with van der Waals surface area (Å²) in [5, 5.41) is 2.76. The molecule has 0 nitrogen and oxygen atoms in total. The van der Waals surface area contributed by atoms with E-state index in [2.05, 4.69) is 18.4 Å². The fourth-order valence-electron chi connectivity index (χ4n) is 0.585. The predicted octanol–water partition coefficient (Wildman–Crippen LogP) is 2.23. The van der Waals surface area contributed by atoms with E-state index in [-0.39, 0.29) is 0 Å². The zero-order valence-electron chi connectivity index (χ0n) is 4.26. The predicted molar refractivity (Wildman–Crippen MR) is 35.1 cm³/mol. The number of rotatable bonds is 0. The minimum Gasteiger partial charge on any atom is -0.131 e. The molecule has 1 aliphatic rings. The van der Waals surface area contributed by atoms with E-state index in [1.807, 2.05) is 11.8 Å². The first kappa shape index (κ1) is 5.23. The Bertz CT molecular complexity index is 76.2. The van der Waals surface area contributed by atoms with Gasteiger partial charge in [-0.25, -0.2) is 0 Å². The first-order valence-electron chi connectivity index (χ1n) is 2.53. The van der Waals surface area contributed by atoms with Gasteiger partial charge >= 0.3 is 0 Å². The molecule has 0 fully saturated rings. The van der Waals surface area contributed by atoms with Crippen molar-refractivity contribution < 1.29 is 0 Å². The topological polar surface area (TPSA) is 0 Å². The summed E-state index contributed by atoms with van der Waals surface area (Å²) in [7, 11) is 0. The lowest BCUT2D eigenvalue weighted by Crippen LogP contribution is -1.95. The molecule has 7 heavy (non-hydrogen) atoms. The average molecular weight is 113 g/mol. The summed E-state index contributed by atoms with van der Waals surface area (Å²) in [6.07, 6.45) is 4.68. The monoisotopic (exact) mass is 113 g/mol. The third-order valence-corrected chi connectivity index (χ3v) is 1.99. The van der Waals surface area contributed by atoms with E-state index in [1.54, 1.807) is 0 Å². The van der Waals surface area contributed by atoms with E-state index >= 15 is 0 Å². The van der Waals surface area contributed by atoms with E-state index in [1.165, 1.54) is 12.8 Å². The zero-order chi connectivity index (χ0) is 5.11. The molecular formula is C6H9S. The smallest absolute Gasteiger partial charge is 0.00917 e. The van der Waals surface area contributed by atoms with Crippen LogP contribution in [0.2, 0.25) is 0 Å². The van der Waals surface area contributed by atoms with Crippen molar-refractivity contribution in [2.75, 3.05) is 0 Å². The van der Waals surface area contributed by atoms with E-state index in [9.17, 15) is 0 Å². The molecule has 1 unspecified atom stereocenters. The van der Waals surface area contributed by atoms with Crippen molar-refractivity contribution in [3.8, 4) is 0 Å². The van der Waals surface area contributed by atoms with Gasteiger partial charge in [0.15, 0.2) is 0 Å². The number of hydrogen-bond acceptors (Lipinski definition) is 1. The molecule has 1 atom stereocenters. The maximum absolute atomic E-state index is 3.91. The van der Waals surface area contributed by atoms with Gasteiger partial charge in [0.05, 0.1) is 0 Å². The Hall–Kier alpha value is 0.0900. The summed E-state index contributed by atoms with van der Waals surface area (Å²) < 4.78 is 0. The second kappa shape index (κ2) is 2.41. The van der Waals surface area contributed by atoms with E-state index in [4.69, 9.17) is 0 Å². The van der Waals surface area contributed by atoms with Gasteiger partial charge < -0.3 is 0 Å². The fourth-order valence-corrected chi connectivity index (χ4v) is 1.33. The van der Waals surface area contributed by atoms with Crippen LogP contribution in [0.1, 0.15) is 12.8 Å². The minimum atomic E-state index is 0.616. The van der Waals surface area contributed by atoms with Gasteiger partial charge in [-0.3, -0.25) is 0 Å². The van der Waals surface area contributed by atoms with Crippen LogP contribution in [0.25, 0.3) is 0 Å². The van der Waals surface area contributed by atoms with Crippen LogP contribution in [0.5, 0.6) is 0 Å². The first-order valence-corrected chi connectivity index (χ1v) is 3.47. The third kappa shape index (κ3) is 1.56. The van der Waals surface area contributed by atoms with E-state index in [0.29, 0.717) is 5.25 Å². The van der Waals surface area contributed by atoms with Crippen LogP contribution < -0.4 is 0 Å². The maximum Gasteiger partial charge on any atom is 0.00917 e. The van der Waals surface area contributed by atoms with Crippen LogP contribution >= 0.6 is 11.8 Å². The van der Waals surface area contributed by atoms with Crippen molar-refractivity contribution in [3.05, 3.63) is 18.4 Å². The quantitative estimate of drug-likeness (QED) is 0.464. The Morgan fingerprint density at radius 2 is 2.57 bits per heavy atom. The van der Waals surface area contributed by atoms with Crippen molar-refractivity contribution in [3.63, 3.8) is 0 Å². The summed E-state index contributed by atoms with van der Waals surface area (Å²) in [5.41, 5.74) is 0. The molecule has 0 saturated heterocycles. The molecule has 1 heterocycles. The summed E-state index contributed by atoms with van der Waals surface area (Å²) in [6, 6.07) is 0. The van der Waals surface area contributed by atoms with Gasteiger partial charge in [-0.1, -0.05) is 6.08 Å². The number of thioether (sulfide) groups is 1. The highest BCUT2D eigenvalue weighted by molar-refractivity contribution is 8.02. The molecule has 1 rings (SSSR count). The molecule has 0 aromatic rings. The highest BCUT2D eigenvalue weighted by atomic mass is 32.2. The molecule has 1 aliphatic heterocycles. The van der Waals surface area contributed by atoms with E-state index < -0.39 is 0 Å². The SMILES string of the molecule is [CH2]C1CCC=CS1. The molecule has 1 radical (unpaired) electrons. The molecule has 0 aliphatic carbocycles. The lowest BCUT2D eigenvalue weighted by atomic mass is 10.2. The molecule has 0 bridgehead atoms. The Labute approximate surface area is 49.0 Å². The Morgan fingerprint density at radius 3 is 2.86 bits per heavy atom. The van der Waals surface area contributed by atoms with Crippen LogP contribution in [-0.4, -0.2) is 5.25 Å². The standard InChI is InChI=1S/C6H9S/c1-6-4-2-3-5-7-6/h3,5-6H,1-2,4H2. The molecule has 0 N–H and O–H groups in total. The molecule has 0 aromatic heterocycles. The summed E-state index contributed by atoms with van der Waals surface area (Å²) in [6.45, 7) is 3.91. The molecule has 0 spiro atoms. The lowest BCUT2D eigenvalue weighted by Gasteiger charge is -2.09. The second-order valence-corrected chi connectivity index (χ2v) is 2.92.